The summed E-state index contributed by atoms with van der Waals surface area (Å²) in [5.74, 6) is 0. The van der Waals surface area contributed by atoms with Crippen LogP contribution in [0.2, 0.25) is 0 Å². The van der Waals surface area contributed by atoms with Crippen LogP contribution in [0.4, 0.5) is 0 Å². The summed E-state index contributed by atoms with van der Waals surface area (Å²) < 4.78 is 22.0. The molecule has 1 aliphatic heterocycles. The van der Waals surface area contributed by atoms with E-state index >= 15 is 0 Å². The molecule has 0 aromatic heterocycles. The van der Waals surface area contributed by atoms with Crippen LogP contribution >= 0.6 is 0 Å². The normalized spacial score (nSPS) is 27.4. The molecule has 1 unspecified atom stereocenters. The van der Waals surface area contributed by atoms with Crippen LogP contribution in [0.25, 0.3) is 0 Å². The monoisotopic (exact) mass is 239 g/mol. The fourth-order valence-electron chi connectivity index (χ4n) is 2.54. The molecule has 0 spiro atoms. The molecule has 2 rings (SSSR count). The van der Waals surface area contributed by atoms with Gasteiger partial charge in [0.1, 0.15) is 0 Å². The maximum Gasteiger partial charge on any atom is 0.217 e. The number of nitrogens with zero attached hydrogens (tertiary/aromatic N) is 1. The van der Waals surface area contributed by atoms with Gasteiger partial charge >= 0.3 is 0 Å². The highest BCUT2D eigenvalue weighted by Crippen LogP contribution is 2.46. The van der Waals surface area contributed by atoms with Gasteiger partial charge in [-0.1, -0.05) is 13.8 Å². The van der Waals surface area contributed by atoms with Gasteiger partial charge < -0.3 is 4.90 Å². The zero-order valence-corrected chi connectivity index (χ0v) is 10.9. The van der Waals surface area contributed by atoms with Gasteiger partial charge in [0, 0.05) is 30.6 Å². The quantitative estimate of drug-likeness (QED) is 0.603. The summed E-state index contributed by atoms with van der Waals surface area (Å²) in [4.78, 5) is 2.73. The lowest BCUT2D eigenvalue weighted by atomic mass is 9.77. The topological polar surface area (TPSA) is 37.4 Å². The smallest absolute Gasteiger partial charge is 0.217 e. The van der Waals surface area contributed by atoms with Gasteiger partial charge in [0.25, 0.3) is 0 Å². The Labute approximate surface area is 98.0 Å². The first-order chi connectivity index (χ1) is 7.35. The standard InChI is InChI=1S/C12H17NO2S/c1-8-12(2,3)10-7-9(16(14)15)5-6-11(10)13(8)4/h5-6,8H,7H2,1-4H3. The minimum absolute atomic E-state index is 0.0411. The van der Waals surface area contributed by atoms with Crippen LogP contribution in [-0.2, 0) is 10.3 Å². The molecule has 0 radical (unpaired) electrons. The molecule has 16 heavy (non-hydrogen) atoms. The van der Waals surface area contributed by atoms with E-state index in [1.807, 2.05) is 6.08 Å². The van der Waals surface area contributed by atoms with Crippen molar-refractivity contribution in [1.29, 1.82) is 0 Å². The predicted octanol–water partition coefficient (Wildman–Crippen LogP) is 1.61. The maximum absolute atomic E-state index is 11.0. The Bertz CT molecular complexity index is 515. The van der Waals surface area contributed by atoms with Gasteiger partial charge in [0.15, 0.2) is 0 Å². The number of likely N-dealkylation sites (N-methyl/N-ethyl adjacent to an activating group) is 1. The van der Waals surface area contributed by atoms with Gasteiger partial charge in [-0.3, -0.25) is 0 Å². The lowest BCUT2D eigenvalue weighted by molar-refractivity contribution is 0.240. The number of allylic oxidation sites excluding steroid dienone is 2. The second-order valence-electron chi connectivity index (χ2n) is 5.08. The molecule has 0 aromatic rings. The molecule has 4 heteroatoms. The van der Waals surface area contributed by atoms with Crippen molar-refractivity contribution < 1.29 is 8.42 Å². The molecule has 0 aromatic carbocycles. The first-order valence-electron chi connectivity index (χ1n) is 5.45. The first-order valence-corrected chi connectivity index (χ1v) is 6.53. The van der Waals surface area contributed by atoms with E-state index in [0.717, 1.165) is 0 Å². The van der Waals surface area contributed by atoms with E-state index in [0.29, 0.717) is 17.3 Å². The second-order valence-corrected chi connectivity index (χ2v) is 6.08. The van der Waals surface area contributed by atoms with Crippen molar-refractivity contribution in [3.8, 4) is 0 Å². The molecule has 88 valence electrons. The molecular formula is C12H17NO2S. The molecule has 0 bridgehead atoms. The van der Waals surface area contributed by atoms with E-state index in [-0.39, 0.29) is 5.41 Å². The van der Waals surface area contributed by atoms with Crippen LogP contribution in [0, 0.1) is 5.41 Å². The van der Waals surface area contributed by atoms with Gasteiger partial charge in [-0.25, -0.2) is 0 Å². The molecular weight excluding hydrogens is 222 g/mol. The van der Waals surface area contributed by atoms with Crippen molar-refractivity contribution in [1.82, 2.24) is 4.90 Å². The largest absolute Gasteiger partial charge is 0.371 e. The van der Waals surface area contributed by atoms with E-state index < -0.39 is 10.3 Å². The van der Waals surface area contributed by atoms with Gasteiger partial charge in [-0.2, -0.15) is 8.42 Å². The van der Waals surface area contributed by atoms with Crippen molar-refractivity contribution >= 4 is 15.2 Å². The zero-order valence-electron chi connectivity index (χ0n) is 10.1. The third-order valence-corrected chi connectivity index (χ3v) is 4.79. The van der Waals surface area contributed by atoms with E-state index in [1.54, 1.807) is 6.08 Å². The van der Waals surface area contributed by atoms with Crippen LogP contribution in [-0.4, -0.2) is 31.3 Å². The second kappa shape index (κ2) is 3.48. The van der Waals surface area contributed by atoms with Crippen LogP contribution in [0.1, 0.15) is 27.2 Å². The summed E-state index contributed by atoms with van der Waals surface area (Å²) >= 11 is 0. The number of rotatable bonds is 0. The number of hydrogen-bond donors (Lipinski definition) is 0. The van der Waals surface area contributed by atoms with Crippen molar-refractivity contribution in [3.05, 3.63) is 23.4 Å². The molecule has 1 aliphatic carbocycles. The molecule has 0 saturated heterocycles. The lowest BCUT2D eigenvalue weighted by Gasteiger charge is -2.30. The molecule has 0 amide bonds. The Balaban J connectivity index is 2.53. The number of hydrogen-bond acceptors (Lipinski definition) is 3. The molecule has 2 aliphatic rings. The van der Waals surface area contributed by atoms with Crippen LogP contribution in [0.5, 0.6) is 0 Å². The van der Waals surface area contributed by atoms with Gasteiger partial charge in [0.2, 0.25) is 10.3 Å². The van der Waals surface area contributed by atoms with E-state index in [2.05, 4.69) is 32.7 Å². The summed E-state index contributed by atoms with van der Waals surface area (Å²) in [7, 11) is -0.0223. The highest BCUT2D eigenvalue weighted by Gasteiger charge is 2.42. The Morgan fingerprint density at radius 1 is 1.38 bits per heavy atom. The Hall–Kier alpha value is -1.03. The van der Waals surface area contributed by atoms with Gasteiger partial charge in [0.05, 0.1) is 4.86 Å². The predicted molar refractivity (Wildman–Crippen MR) is 65.7 cm³/mol. The molecule has 3 nitrogen and oxygen atoms in total. The molecule has 0 N–H and O–H groups in total. The third kappa shape index (κ3) is 1.44. The Morgan fingerprint density at radius 3 is 2.56 bits per heavy atom. The molecule has 0 saturated carbocycles. The van der Waals surface area contributed by atoms with Crippen LogP contribution in [0.15, 0.2) is 23.4 Å². The highest BCUT2D eigenvalue weighted by molar-refractivity contribution is 7.73. The average molecular weight is 239 g/mol. The highest BCUT2D eigenvalue weighted by atomic mass is 32.2. The van der Waals surface area contributed by atoms with E-state index in [1.165, 1.54) is 11.3 Å². The van der Waals surface area contributed by atoms with Gasteiger partial charge in [-0.15, -0.1) is 0 Å². The fraction of sp³-hybridized carbons (Fsp3) is 0.583. The van der Waals surface area contributed by atoms with E-state index in [9.17, 15) is 8.42 Å². The van der Waals surface area contributed by atoms with Crippen LogP contribution in [0.3, 0.4) is 0 Å². The molecule has 0 fully saturated rings. The molecule has 1 heterocycles. The molecule has 1 atom stereocenters. The van der Waals surface area contributed by atoms with Crippen LogP contribution < -0.4 is 0 Å². The third-order valence-electron chi connectivity index (χ3n) is 4.08. The van der Waals surface area contributed by atoms with Crippen molar-refractivity contribution in [3.63, 3.8) is 0 Å². The summed E-state index contributed by atoms with van der Waals surface area (Å²) in [5, 5.41) is 0. The minimum Gasteiger partial charge on any atom is -0.371 e. The lowest BCUT2D eigenvalue weighted by Crippen LogP contribution is -2.33. The minimum atomic E-state index is -2.09. The van der Waals surface area contributed by atoms with Crippen molar-refractivity contribution in [2.45, 2.75) is 33.2 Å². The van der Waals surface area contributed by atoms with Crippen molar-refractivity contribution in [2.75, 3.05) is 7.05 Å². The Morgan fingerprint density at radius 2 is 2.00 bits per heavy atom. The first kappa shape index (κ1) is 11.5. The SMILES string of the molecule is CC1N(C)C2=C(CC(=S(=O)=O)C=C2)C1(C)C. The summed E-state index contributed by atoms with van der Waals surface area (Å²) in [6.45, 7) is 6.54. The maximum atomic E-state index is 11.0. The average Bonchev–Trinajstić information content (AvgIpc) is 2.40. The summed E-state index contributed by atoms with van der Waals surface area (Å²) in [6, 6.07) is 0.404. The van der Waals surface area contributed by atoms with Crippen molar-refractivity contribution in [2.24, 2.45) is 5.41 Å². The fourth-order valence-corrected chi connectivity index (χ4v) is 2.99. The van der Waals surface area contributed by atoms with Gasteiger partial charge in [-0.05, 0) is 24.6 Å². The Kier molecular flexibility index (Phi) is 2.49. The summed E-state index contributed by atoms with van der Waals surface area (Å²) in [5.41, 5.74) is 2.47. The summed E-state index contributed by atoms with van der Waals surface area (Å²) in [6.07, 6.45) is 4.20. The van der Waals surface area contributed by atoms with E-state index in [4.69, 9.17) is 0 Å². The zero-order chi connectivity index (χ0) is 12.1.